The number of carbonyl (C=O) groups is 2. The van der Waals surface area contributed by atoms with Crippen molar-refractivity contribution in [2.45, 2.75) is 32.6 Å². The lowest BCUT2D eigenvalue weighted by atomic mass is 10.1. The first-order chi connectivity index (χ1) is 11.6. The summed E-state index contributed by atoms with van der Waals surface area (Å²) >= 11 is 0. The minimum absolute atomic E-state index is 0.0796. The topological polar surface area (TPSA) is 72.6 Å². The van der Waals surface area contributed by atoms with Gasteiger partial charge in [-0.25, -0.2) is 4.79 Å². The van der Waals surface area contributed by atoms with Crippen LogP contribution in [-0.2, 0) is 9.53 Å². The number of amides is 1. The molecule has 0 saturated carbocycles. The molecular weight excluding hydrogens is 304 g/mol. The van der Waals surface area contributed by atoms with Gasteiger partial charge in [0.05, 0.1) is 12.7 Å². The summed E-state index contributed by atoms with van der Waals surface area (Å²) in [5.41, 5.74) is 6.61. The van der Waals surface area contributed by atoms with Crippen molar-refractivity contribution in [2.24, 2.45) is 5.73 Å². The highest BCUT2D eigenvalue weighted by atomic mass is 16.5. The molecule has 0 bridgehead atoms. The maximum absolute atomic E-state index is 11.7. The number of hydrogen-bond donors (Lipinski definition) is 1. The van der Waals surface area contributed by atoms with Crippen LogP contribution in [0.25, 0.3) is 0 Å². The second-order valence-corrected chi connectivity index (χ2v) is 5.44. The average Bonchev–Trinajstić information content (AvgIpc) is 2.59. The van der Waals surface area contributed by atoms with Gasteiger partial charge < -0.3 is 15.4 Å². The number of rotatable bonds is 8. The predicted octanol–water partition coefficient (Wildman–Crippen LogP) is 2.19. The largest absolute Gasteiger partial charge is 0.465 e. The third-order valence-electron chi connectivity index (χ3n) is 3.61. The first kappa shape index (κ1) is 19.7. The van der Waals surface area contributed by atoms with E-state index in [2.05, 4.69) is 11.8 Å². The van der Waals surface area contributed by atoms with E-state index in [1.54, 1.807) is 25.1 Å². The molecule has 0 fully saturated rings. The minimum atomic E-state index is -0.387. The Morgan fingerprint density at radius 2 is 1.88 bits per heavy atom. The Labute approximate surface area is 144 Å². The second kappa shape index (κ2) is 11.3. The van der Waals surface area contributed by atoms with Crippen LogP contribution in [-0.4, -0.2) is 43.5 Å². The van der Waals surface area contributed by atoms with Crippen LogP contribution in [0.15, 0.2) is 24.3 Å². The van der Waals surface area contributed by atoms with Crippen LogP contribution in [0.3, 0.4) is 0 Å². The number of ether oxygens (including phenoxy) is 1. The summed E-state index contributed by atoms with van der Waals surface area (Å²) in [7, 11) is 1.35. The van der Waals surface area contributed by atoms with Crippen molar-refractivity contribution < 1.29 is 14.3 Å². The third-order valence-corrected chi connectivity index (χ3v) is 3.61. The molecule has 1 aromatic rings. The summed E-state index contributed by atoms with van der Waals surface area (Å²) < 4.78 is 4.75. The summed E-state index contributed by atoms with van der Waals surface area (Å²) in [6.07, 6.45) is 3.31. The average molecular weight is 330 g/mol. The number of unbranched alkanes of at least 4 members (excludes halogenated alkanes) is 2. The number of nitrogens with zero attached hydrogens (tertiary/aromatic N) is 1. The van der Waals surface area contributed by atoms with Crippen molar-refractivity contribution in [3.05, 3.63) is 35.4 Å². The monoisotopic (exact) mass is 330 g/mol. The van der Waals surface area contributed by atoms with Crippen LogP contribution in [0.2, 0.25) is 0 Å². The van der Waals surface area contributed by atoms with Gasteiger partial charge in [0.25, 0.3) is 0 Å². The minimum Gasteiger partial charge on any atom is -0.465 e. The first-order valence-corrected chi connectivity index (χ1v) is 8.22. The van der Waals surface area contributed by atoms with Gasteiger partial charge in [0.2, 0.25) is 5.91 Å². The number of benzene rings is 1. The van der Waals surface area contributed by atoms with Crippen LogP contribution < -0.4 is 5.73 Å². The molecule has 0 unspecified atom stereocenters. The lowest BCUT2D eigenvalue weighted by Gasteiger charge is -2.20. The van der Waals surface area contributed by atoms with Gasteiger partial charge in [0.15, 0.2) is 0 Å². The summed E-state index contributed by atoms with van der Waals surface area (Å²) in [6, 6.07) is 7.12. The third kappa shape index (κ3) is 6.84. The van der Waals surface area contributed by atoms with Gasteiger partial charge in [-0.2, -0.15) is 0 Å². The normalized spacial score (nSPS) is 9.79. The van der Waals surface area contributed by atoms with E-state index in [-0.39, 0.29) is 11.9 Å². The fourth-order valence-electron chi connectivity index (χ4n) is 2.27. The molecular formula is C19H26N2O3. The van der Waals surface area contributed by atoms with Crippen molar-refractivity contribution in [1.29, 1.82) is 0 Å². The smallest absolute Gasteiger partial charge is 0.339 e. The SMILES string of the molecule is COC(=O)c1ccccc1C#CCCCN(CCCCN)C(C)=O. The summed E-state index contributed by atoms with van der Waals surface area (Å²) in [5, 5.41) is 0. The molecule has 0 aliphatic carbocycles. The fourth-order valence-corrected chi connectivity index (χ4v) is 2.27. The van der Waals surface area contributed by atoms with Gasteiger partial charge in [-0.1, -0.05) is 24.0 Å². The molecule has 0 spiro atoms. The molecule has 0 radical (unpaired) electrons. The molecule has 0 aliphatic heterocycles. The Hall–Kier alpha value is -2.32. The first-order valence-electron chi connectivity index (χ1n) is 8.22. The van der Waals surface area contributed by atoms with E-state index in [9.17, 15) is 9.59 Å². The number of hydrogen-bond acceptors (Lipinski definition) is 4. The quantitative estimate of drug-likeness (QED) is 0.450. The fraction of sp³-hybridized carbons (Fsp3) is 0.474. The zero-order chi connectivity index (χ0) is 17.8. The van der Waals surface area contributed by atoms with Crippen molar-refractivity contribution in [3.63, 3.8) is 0 Å². The number of esters is 1. The van der Waals surface area contributed by atoms with Crippen molar-refractivity contribution >= 4 is 11.9 Å². The Kier molecular flexibility index (Phi) is 9.25. The van der Waals surface area contributed by atoms with Crippen molar-refractivity contribution in [1.82, 2.24) is 4.90 Å². The van der Waals surface area contributed by atoms with E-state index in [0.29, 0.717) is 30.6 Å². The summed E-state index contributed by atoms with van der Waals surface area (Å²) in [5.74, 6) is 5.77. The molecule has 0 heterocycles. The van der Waals surface area contributed by atoms with Gasteiger partial charge in [0.1, 0.15) is 0 Å². The Morgan fingerprint density at radius 3 is 2.54 bits per heavy atom. The van der Waals surface area contributed by atoms with Crippen molar-refractivity contribution in [2.75, 3.05) is 26.7 Å². The van der Waals surface area contributed by atoms with Gasteiger partial charge >= 0.3 is 5.97 Å². The highest BCUT2D eigenvalue weighted by Gasteiger charge is 2.09. The Balaban J connectivity index is 2.52. The molecule has 5 heteroatoms. The van der Waals surface area contributed by atoms with E-state index in [0.717, 1.165) is 25.8 Å². The Bertz CT molecular complexity index is 602. The second-order valence-electron chi connectivity index (χ2n) is 5.44. The lowest BCUT2D eigenvalue weighted by Crippen LogP contribution is -2.31. The van der Waals surface area contributed by atoms with Crippen LogP contribution in [0, 0.1) is 11.8 Å². The molecule has 130 valence electrons. The molecule has 5 nitrogen and oxygen atoms in total. The highest BCUT2D eigenvalue weighted by Crippen LogP contribution is 2.08. The van der Waals surface area contributed by atoms with E-state index in [1.807, 2.05) is 11.0 Å². The highest BCUT2D eigenvalue weighted by molar-refractivity contribution is 5.92. The number of carbonyl (C=O) groups excluding carboxylic acids is 2. The Morgan fingerprint density at radius 1 is 1.17 bits per heavy atom. The van der Waals surface area contributed by atoms with Crippen LogP contribution in [0.5, 0.6) is 0 Å². The molecule has 2 N–H and O–H groups in total. The van der Waals surface area contributed by atoms with Crippen molar-refractivity contribution in [3.8, 4) is 11.8 Å². The van der Waals surface area contributed by atoms with Crippen LogP contribution >= 0.6 is 0 Å². The van der Waals surface area contributed by atoms with E-state index in [4.69, 9.17) is 10.5 Å². The van der Waals surface area contributed by atoms with Gasteiger partial charge in [-0.05, 0) is 37.9 Å². The standard InChI is InChI=1S/C19H26N2O3/c1-16(22)21(15-9-7-13-20)14-8-3-4-10-17-11-5-6-12-18(17)19(23)24-2/h5-6,11-12H,3,7-9,13-15,20H2,1-2H3. The van der Waals surface area contributed by atoms with E-state index >= 15 is 0 Å². The number of nitrogens with two attached hydrogens (primary N) is 1. The molecule has 0 aromatic heterocycles. The van der Waals surface area contributed by atoms with Crippen LogP contribution in [0.1, 0.15) is 48.5 Å². The maximum Gasteiger partial charge on any atom is 0.339 e. The summed E-state index contributed by atoms with van der Waals surface area (Å²) in [4.78, 5) is 25.1. The molecule has 0 aliphatic rings. The zero-order valence-electron chi connectivity index (χ0n) is 14.5. The van der Waals surface area contributed by atoms with E-state index in [1.165, 1.54) is 7.11 Å². The summed E-state index contributed by atoms with van der Waals surface area (Å²) in [6.45, 7) is 3.66. The van der Waals surface area contributed by atoms with Gasteiger partial charge in [-0.15, -0.1) is 0 Å². The molecule has 0 atom stereocenters. The van der Waals surface area contributed by atoms with Crippen LogP contribution in [0.4, 0.5) is 0 Å². The van der Waals surface area contributed by atoms with Gasteiger partial charge in [0, 0.05) is 32.0 Å². The molecule has 24 heavy (non-hydrogen) atoms. The molecule has 1 amide bonds. The molecule has 1 aromatic carbocycles. The van der Waals surface area contributed by atoms with E-state index < -0.39 is 0 Å². The lowest BCUT2D eigenvalue weighted by molar-refractivity contribution is -0.129. The zero-order valence-corrected chi connectivity index (χ0v) is 14.5. The maximum atomic E-state index is 11.7. The molecule has 1 rings (SSSR count). The van der Waals surface area contributed by atoms with Gasteiger partial charge in [-0.3, -0.25) is 4.79 Å². The molecule has 0 saturated heterocycles. The number of methoxy groups -OCH3 is 1. The predicted molar refractivity (Wildman–Crippen MR) is 94.4 cm³/mol.